The van der Waals surface area contributed by atoms with E-state index in [0.29, 0.717) is 6.04 Å². The van der Waals surface area contributed by atoms with E-state index in [2.05, 4.69) is 46.1 Å². The van der Waals surface area contributed by atoms with Gasteiger partial charge in [0.1, 0.15) is 0 Å². The number of hydrogen-bond donors (Lipinski definition) is 1. The molecule has 2 nitrogen and oxygen atoms in total. The zero-order valence-electron chi connectivity index (χ0n) is 12.7. The van der Waals surface area contributed by atoms with Crippen LogP contribution < -0.4 is 5.32 Å². The molecule has 0 bridgehead atoms. The summed E-state index contributed by atoms with van der Waals surface area (Å²) in [5.74, 6) is 1.68. The first-order valence-electron chi connectivity index (χ1n) is 8.08. The molecule has 3 atom stereocenters. The van der Waals surface area contributed by atoms with Gasteiger partial charge in [-0.1, -0.05) is 33.1 Å². The van der Waals surface area contributed by atoms with Gasteiger partial charge >= 0.3 is 0 Å². The molecule has 1 heterocycles. The Morgan fingerprint density at radius 1 is 1.35 bits per heavy atom. The molecule has 112 valence electrons. The normalized spacial score (nSPS) is 24.6. The highest BCUT2D eigenvalue weighted by molar-refractivity contribution is 9.10. The Morgan fingerprint density at radius 2 is 2.20 bits per heavy atom. The van der Waals surface area contributed by atoms with E-state index in [4.69, 9.17) is 0 Å². The van der Waals surface area contributed by atoms with E-state index >= 15 is 0 Å². The first-order chi connectivity index (χ1) is 9.74. The molecular weight excluding hydrogens is 312 g/mol. The molecule has 1 aliphatic carbocycles. The molecule has 1 fully saturated rings. The Morgan fingerprint density at radius 3 is 2.90 bits per heavy atom. The van der Waals surface area contributed by atoms with Crippen molar-refractivity contribution in [3.8, 4) is 0 Å². The van der Waals surface area contributed by atoms with E-state index < -0.39 is 0 Å². The van der Waals surface area contributed by atoms with Crippen molar-refractivity contribution < 1.29 is 0 Å². The van der Waals surface area contributed by atoms with Gasteiger partial charge in [-0.15, -0.1) is 0 Å². The third kappa shape index (κ3) is 4.29. The molecule has 1 saturated carbocycles. The van der Waals surface area contributed by atoms with E-state index in [0.717, 1.165) is 22.9 Å². The average molecular weight is 339 g/mol. The number of aromatic nitrogens is 1. The SMILES string of the molecule is CCCNC(c1cncc(Br)c1)C1CCCC(CC)C1. The van der Waals surface area contributed by atoms with Crippen LogP contribution in [-0.2, 0) is 0 Å². The zero-order chi connectivity index (χ0) is 14.4. The number of rotatable bonds is 6. The molecule has 0 saturated heterocycles. The highest BCUT2D eigenvalue weighted by Gasteiger charge is 2.28. The van der Waals surface area contributed by atoms with Crippen molar-refractivity contribution in [3.63, 3.8) is 0 Å². The summed E-state index contributed by atoms with van der Waals surface area (Å²) in [5, 5.41) is 3.77. The van der Waals surface area contributed by atoms with Crippen LogP contribution >= 0.6 is 15.9 Å². The maximum atomic E-state index is 4.36. The molecule has 0 spiro atoms. The number of nitrogens with one attached hydrogen (secondary N) is 1. The van der Waals surface area contributed by atoms with E-state index in [1.807, 2.05) is 12.4 Å². The highest BCUT2D eigenvalue weighted by atomic mass is 79.9. The smallest absolute Gasteiger partial charge is 0.0410 e. The lowest BCUT2D eigenvalue weighted by Gasteiger charge is -2.35. The summed E-state index contributed by atoms with van der Waals surface area (Å²) in [6, 6.07) is 2.70. The second-order valence-electron chi connectivity index (χ2n) is 6.07. The minimum atomic E-state index is 0.467. The molecule has 2 rings (SSSR count). The lowest BCUT2D eigenvalue weighted by molar-refractivity contribution is 0.209. The maximum Gasteiger partial charge on any atom is 0.0410 e. The van der Waals surface area contributed by atoms with Gasteiger partial charge in [0.2, 0.25) is 0 Å². The number of halogens is 1. The molecule has 1 N–H and O–H groups in total. The van der Waals surface area contributed by atoms with Crippen LogP contribution in [0, 0.1) is 11.8 Å². The summed E-state index contributed by atoms with van der Waals surface area (Å²) in [4.78, 5) is 4.36. The van der Waals surface area contributed by atoms with Gasteiger partial charge in [0, 0.05) is 22.9 Å². The molecule has 0 aliphatic heterocycles. The molecule has 1 aliphatic rings. The van der Waals surface area contributed by atoms with E-state index in [9.17, 15) is 0 Å². The third-order valence-electron chi connectivity index (χ3n) is 4.57. The zero-order valence-corrected chi connectivity index (χ0v) is 14.3. The van der Waals surface area contributed by atoms with Crippen LogP contribution in [0.25, 0.3) is 0 Å². The van der Waals surface area contributed by atoms with Crippen molar-refractivity contribution in [2.45, 2.75) is 58.4 Å². The molecular formula is C17H27BrN2. The standard InChI is InChI=1S/C17H27BrN2/c1-3-8-20-17(15-10-16(18)12-19-11-15)14-7-5-6-13(4-2)9-14/h10-14,17,20H,3-9H2,1-2H3. The molecule has 20 heavy (non-hydrogen) atoms. The molecule has 0 aromatic carbocycles. The first kappa shape index (κ1) is 16.0. The van der Waals surface area contributed by atoms with Crippen LogP contribution in [-0.4, -0.2) is 11.5 Å². The molecule has 0 radical (unpaired) electrons. The predicted molar refractivity (Wildman–Crippen MR) is 88.7 cm³/mol. The van der Waals surface area contributed by atoms with Crippen molar-refractivity contribution in [3.05, 3.63) is 28.5 Å². The van der Waals surface area contributed by atoms with Gasteiger partial charge in [-0.2, -0.15) is 0 Å². The van der Waals surface area contributed by atoms with Gasteiger partial charge < -0.3 is 5.32 Å². The Hall–Kier alpha value is -0.410. The van der Waals surface area contributed by atoms with Crippen LogP contribution in [0.15, 0.2) is 22.9 Å². The van der Waals surface area contributed by atoms with Crippen molar-refractivity contribution in [1.29, 1.82) is 0 Å². The number of hydrogen-bond acceptors (Lipinski definition) is 2. The third-order valence-corrected chi connectivity index (χ3v) is 5.01. The topological polar surface area (TPSA) is 24.9 Å². The molecule has 3 heteroatoms. The van der Waals surface area contributed by atoms with E-state index in [1.165, 1.54) is 44.1 Å². The average Bonchev–Trinajstić information content (AvgIpc) is 2.48. The fraction of sp³-hybridized carbons (Fsp3) is 0.706. The van der Waals surface area contributed by atoms with Gasteiger partial charge in [0.15, 0.2) is 0 Å². The van der Waals surface area contributed by atoms with Crippen LogP contribution in [0.1, 0.15) is 64.0 Å². The summed E-state index contributed by atoms with van der Waals surface area (Å²) >= 11 is 3.56. The van der Waals surface area contributed by atoms with Crippen molar-refractivity contribution in [2.75, 3.05) is 6.54 Å². The monoisotopic (exact) mass is 338 g/mol. The summed E-state index contributed by atoms with van der Waals surface area (Å²) < 4.78 is 1.08. The molecule has 1 aromatic heterocycles. The Labute approximate surface area is 131 Å². The second kappa shape index (κ2) is 8.14. The van der Waals surface area contributed by atoms with Gasteiger partial charge in [-0.3, -0.25) is 4.98 Å². The van der Waals surface area contributed by atoms with Crippen molar-refractivity contribution >= 4 is 15.9 Å². The van der Waals surface area contributed by atoms with Gasteiger partial charge in [0.05, 0.1) is 0 Å². The quantitative estimate of drug-likeness (QED) is 0.780. The number of pyridine rings is 1. The molecule has 3 unspecified atom stereocenters. The van der Waals surface area contributed by atoms with Gasteiger partial charge in [-0.05, 0) is 65.2 Å². The van der Waals surface area contributed by atoms with Gasteiger partial charge in [-0.25, -0.2) is 0 Å². The minimum absolute atomic E-state index is 0.467. The summed E-state index contributed by atoms with van der Waals surface area (Å²) in [5.41, 5.74) is 1.34. The van der Waals surface area contributed by atoms with Crippen molar-refractivity contribution in [1.82, 2.24) is 10.3 Å². The highest BCUT2D eigenvalue weighted by Crippen LogP contribution is 2.38. The lowest BCUT2D eigenvalue weighted by Crippen LogP contribution is -2.32. The Bertz CT molecular complexity index is 408. The fourth-order valence-corrected chi connectivity index (χ4v) is 3.84. The van der Waals surface area contributed by atoms with Crippen LogP contribution in [0.3, 0.4) is 0 Å². The van der Waals surface area contributed by atoms with E-state index in [1.54, 1.807) is 0 Å². The van der Waals surface area contributed by atoms with E-state index in [-0.39, 0.29) is 0 Å². The maximum absolute atomic E-state index is 4.36. The molecule has 1 aromatic rings. The van der Waals surface area contributed by atoms with Crippen LogP contribution in [0.5, 0.6) is 0 Å². The number of nitrogens with zero attached hydrogens (tertiary/aromatic N) is 1. The summed E-state index contributed by atoms with van der Waals surface area (Å²) in [6.07, 6.45) is 11.9. The fourth-order valence-electron chi connectivity index (χ4n) is 3.46. The first-order valence-corrected chi connectivity index (χ1v) is 8.87. The summed E-state index contributed by atoms with van der Waals surface area (Å²) in [7, 11) is 0. The second-order valence-corrected chi connectivity index (χ2v) is 6.98. The summed E-state index contributed by atoms with van der Waals surface area (Å²) in [6.45, 7) is 5.66. The largest absolute Gasteiger partial charge is 0.310 e. The lowest BCUT2D eigenvalue weighted by atomic mass is 9.75. The van der Waals surface area contributed by atoms with Gasteiger partial charge in [0.25, 0.3) is 0 Å². The van der Waals surface area contributed by atoms with Crippen molar-refractivity contribution in [2.24, 2.45) is 11.8 Å². The molecule has 0 amide bonds. The predicted octanol–water partition coefficient (Wildman–Crippen LogP) is 5.10. The van der Waals surface area contributed by atoms with Crippen LogP contribution in [0.2, 0.25) is 0 Å². The Balaban J connectivity index is 2.14. The Kier molecular flexibility index (Phi) is 6.50. The minimum Gasteiger partial charge on any atom is -0.310 e. The van der Waals surface area contributed by atoms with Crippen LogP contribution in [0.4, 0.5) is 0 Å².